The number of carbonyl (C=O) groups is 2. The lowest BCUT2D eigenvalue weighted by molar-refractivity contribution is -0.125. The normalized spacial score (nSPS) is 13.3. The van der Waals surface area contributed by atoms with Crippen LogP contribution in [0.4, 0.5) is 5.69 Å². The standard InChI is InChI=1S/C31H40N4O5S/c1-22(2)21-35(41(39,40)26-17-15-25(32)16-18-26)30(31(33)38)28(36)14-9-19-34-29(37)20-27(23-10-5-3-6-11-23)24-12-7-4-8-13-24/h3-8,10-13,15-18,22,27-28,30,36H,9,14,19-21,32H2,1-2H3,(H2,33,38)(H,34,37). The van der Waals surface area contributed by atoms with Crippen molar-refractivity contribution >= 4 is 27.5 Å². The molecule has 3 aromatic rings. The Balaban J connectivity index is 1.65. The molecule has 0 aromatic heterocycles. The summed E-state index contributed by atoms with van der Waals surface area (Å²) in [6.07, 6.45) is -0.758. The molecular weight excluding hydrogens is 540 g/mol. The fourth-order valence-corrected chi connectivity index (χ4v) is 6.56. The Bertz CT molecular complexity index is 1330. The number of nitrogen functional groups attached to an aromatic ring is 1. The summed E-state index contributed by atoms with van der Waals surface area (Å²) < 4.78 is 28.0. The first-order chi connectivity index (χ1) is 19.5. The van der Waals surface area contributed by atoms with E-state index in [1.807, 2.05) is 74.5 Å². The number of nitrogens with one attached hydrogen (secondary N) is 1. The molecule has 0 aliphatic rings. The summed E-state index contributed by atoms with van der Waals surface area (Å²) >= 11 is 0. The Labute approximate surface area is 242 Å². The molecule has 6 N–H and O–H groups in total. The number of sulfonamides is 1. The van der Waals surface area contributed by atoms with Crippen LogP contribution in [0.15, 0.2) is 89.8 Å². The topological polar surface area (TPSA) is 156 Å². The number of nitrogens with two attached hydrogens (primary N) is 2. The number of anilines is 1. The molecule has 10 heteroatoms. The van der Waals surface area contributed by atoms with Crippen molar-refractivity contribution in [1.29, 1.82) is 0 Å². The lowest BCUT2D eigenvalue weighted by Gasteiger charge is -2.33. The minimum absolute atomic E-state index is 0.0194. The van der Waals surface area contributed by atoms with E-state index in [1.54, 1.807) is 0 Å². The number of aliphatic hydroxyl groups excluding tert-OH is 1. The SMILES string of the molecule is CC(C)CN(C(C(N)=O)C(O)CCCNC(=O)CC(c1ccccc1)c1ccccc1)S(=O)(=O)c1ccc(N)cc1. The average Bonchev–Trinajstić information content (AvgIpc) is 2.94. The first-order valence-corrected chi connectivity index (χ1v) is 15.2. The minimum Gasteiger partial charge on any atom is -0.399 e. The van der Waals surface area contributed by atoms with E-state index >= 15 is 0 Å². The van der Waals surface area contributed by atoms with Gasteiger partial charge in [-0.25, -0.2) is 8.42 Å². The molecule has 0 heterocycles. The summed E-state index contributed by atoms with van der Waals surface area (Å²) in [5.74, 6) is -1.37. The molecule has 220 valence electrons. The fourth-order valence-electron chi connectivity index (χ4n) is 4.77. The molecule has 0 fully saturated rings. The third-order valence-corrected chi connectivity index (χ3v) is 8.65. The van der Waals surface area contributed by atoms with Gasteiger partial charge in [-0.3, -0.25) is 9.59 Å². The second-order valence-electron chi connectivity index (χ2n) is 10.5. The van der Waals surface area contributed by atoms with Crippen molar-refractivity contribution < 1.29 is 23.1 Å². The first-order valence-electron chi connectivity index (χ1n) is 13.7. The van der Waals surface area contributed by atoms with E-state index in [0.717, 1.165) is 15.4 Å². The van der Waals surface area contributed by atoms with Gasteiger partial charge in [0.25, 0.3) is 0 Å². The van der Waals surface area contributed by atoms with Gasteiger partial charge in [0.2, 0.25) is 21.8 Å². The monoisotopic (exact) mass is 580 g/mol. The number of rotatable bonds is 15. The van der Waals surface area contributed by atoms with Gasteiger partial charge in [0.15, 0.2) is 0 Å². The molecular formula is C31H40N4O5S. The van der Waals surface area contributed by atoms with Crippen molar-refractivity contribution in [3.05, 3.63) is 96.1 Å². The van der Waals surface area contributed by atoms with Crippen LogP contribution in [0.2, 0.25) is 0 Å². The summed E-state index contributed by atoms with van der Waals surface area (Å²) in [6, 6.07) is 23.7. The first kappa shape index (κ1) is 31.8. The fraction of sp³-hybridized carbons (Fsp3) is 0.355. The predicted molar refractivity (Wildman–Crippen MR) is 160 cm³/mol. The number of primary amides is 1. The van der Waals surface area contributed by atoms with E-state index in [0.29, 0.717) is 12.1 Å². The van der Waals surface area contributed by atoms with Crippen LogP contribution in [0.1, 0.15) is 50.2 Å². The highest BCUT2D eigenvalue weighted by molar-refractivity contribution is 7.89. The Kier molecular flexibility index (Phi) is 11.5. The summed E-state index contributed by atoms with van der Waals surface area (Å²) in [5, 5.41) is 13.9. The molecule has 9 nitrogen and oxygen atoms in total. The number of benzene rings is 3. The van der Waals surface area contributed by atoms with Gasteiger partial charge >= 0.3 is 0 Å². The maximum atomic E-state index is 13.5. The molecule has 0 aliphatic carbocycles. The third kappa shape index (κ3) is 8.88. The van der Waals surface area contributed by atoms with E-state index in [2.05, 4.69) is 5.32 Å². The zero-order valence-corrected chi connectivity index (χ0v) is 24.3. The highest BCUT2D eigenvalue weighted by Crippen LogP contribution is 2.28. The zero-order valence-electron chi connectivity index (χ0n) is 23.5. The lowest BCUT2D eigenvalue weighted by atomic mass is 9.88. The largest absolute Gasteiger partial charge is 0.399 e. The molecule has 0 saturated heterocycles. The van der Waals surface area contributed by atoms with Crippen LogP contribution < -0.4 is 16.8 Å². The molecule has 3 rings (SSSR count). The molecule has 3 aromatic carbocycles. The molecule has 0 aliphatic heterocycles. The van der Waals surface area contributed by atoms with E-state index < -0.39 is 28.1 Å². The number of aliphatic hydroxyl groups is 1. The van der Waals surface area contributed by atoms with Crippen LogP contribution in [0.25, 0.3) is 0 Å². The molecule has 0 radical (unpaired) electrons. The van der Waals surface area contributed by atoms with Crippen LogP contribution in [-0.2, 0) is 19.6 Å². The Hall–Kier alpha value is -3.73. The summed E-state index contributed by atoms with van der Waals surface area (Å²) in [5.41, 5.74) is 13.8. The number of nitrogens with zero attached hydrogens (tertiary/aromatic N) is 1. The van der Waals surface area contributed by atoms with E-state index in [-0.39, 0.29) is 48.6 Å². The molecule has 2 atom stereocenters. The molecule has 2 unspecified atom stereocenters. The van der Waals surface area contributed by atoms with Crippen molar-refractivity contribution in [2.45, 2.75) is 56.1 Å². The second-order valence-corrected chi connectivity index (χ2v) is 12.4. The Morgan fingerprint density at radius 1 is 0.902 bits per heavy atom. The van der Waals surface area contributed by atoms with Crippen molar-refractivity contribution in [1.82, 2.24) is 9.62 Å². The summed E-state index contributed by atoms with van der Waals surface area (Å²) in [7, 11) is -4.17. The Morgan fingerprint density at radius 2 is 1.44 bits per heavy atom. The summed E-state index contributed by atoms with van der Waals surface area (Å²) in [4.78, 5) is 25.3. The van der Waals surface area contributed by atoms with E-state index in [9.17, 15) is 23.1 Å². The maximum absolute atomic E-state index is 13.5. The molecule has 2 amide bonds. The maximum Gasteiger partial charge on any atom is 0.243 e. The average molecular weight is 581 g/mol. The number of hydrogen-bond donors (Lipinski definition) is 4. The van der Waals surface area contributed by atoms with Crippen molar-refractivity contribution in [3.63, 3.8) is 0 Å². The molecule has 0 bridgehead atoms. The quantitative estimate of drug-likeness (QED) is 0.160. The van der Waals surface area contributed by atoms with Crippen LogP contribution in [0.3, 0.4) is 0 Å². The molecule has 41 heavy (non-hydrogen) atoms. The second kappa shape index (κ2) is 14.8. The number of amides is 2. The van der Waals surface area contributed by atoms with Crippen LogP contribution >= 0.6 is 0 Å². The van der Waals surface area contributed by atoms with Crippen molar-refractivity contribution in [3.8, 4) is 0 Å². The van der Waals surface area contributed by atoms with Gasteiger partial charge in [0.1, 0.15) is 6.04 Å². The number of carbonyl (C=O) groups excluding carboxylic acids is 2. The van der Waals surface area contributed by atoms with Gasteiger partial charge < -0.3 is 21.9 Å². The lowest BCUT2D eigenvalue weighted by Crippen LogP contribution is -2.55. The van der Waals surface area contributed by atoms with Gasteiger partial charge in [0.05, 0.1) is 11.0 Å². The van der Waals surface area contributed by atoms with Crippen molar-refractivity contribution in [2.24, 2.45) is 11.7 Å². The van der Waals surface area contributed by atoms with Crippen LogP contribution in [0, 0.1) is 5.92 Å². The van der Waals surface area contributed by atoms with Crippen LogP contribution in [-0.4, -0.2) is 54.9 Å². The summed E-state index contributed by atoms with van der Waals surface area (Å²) in [6.45, 7) is 3.84. The minimum atomic E-state index is -4.17. The highest BCUT2D eigenvalue weighted by atomic mass is 32.2. The molecule has 0 spiro atoms. The van der Waals surface area contributed by atoms with E-state index in [4.69, 9.17) is 11.5 Å². The van der Waals surface area contributed by atoms with E-state index in [1.165, 1.54) is 24.3 Å². The number of hydrogen-bond acceptors (Lipinski definition) is 6. The van der Waals surface area contributed by atoms with Gasteiger partial charge in [-0.2, -0.15) is 4.31 Å². The highest BCUT2D eigenvalue weighted by Gasteiger charge is 2.39. The molecule has 0 saturated carbocycles. The van der Waals surface area contributed by atoms with Gasteiger partial charge in [-0.1, -0.05) is 74.5 Å². The van der Waals surface area contributed by atoms with Crippen LogP contribution in [0.5, 0.6) is 0 Å². The zero-order chi connectivity index (χ0) is 30.0. The third-order valence-electron chi connectivity index (χ3n) is 6.79. The van der Waals surface area contributed by atoms with Gasteiger partial charge in [-0.15, -0.1) is 0 Å². The van der Waals surface area contributed by atoms with Gasteiger partial charge in [-0.05, 0) is 54.2 Å². The Morgan fingerprint density at radius 3 is 1.93 bits per heavy atom. The van der Waals surface area contributed by atoms with Gasteiger partial charge in [0, 0.05) is 31.1 Å². The predicted octanol–water partition coefficient (Wildman–Crippen LogP) is 3.25. The van der Waals surface area contributed by atoms with Crippen molar-refractivity contribution in [2.75, 3.05) is 18.8 Å². The smallest absolute Gasteiger partial charge is 0.243 e.